The lowest BCUT2D eigenvalue weighted by Gasteiger charge is -2.13. The van der Waals surface area contributed by atoms with Gasteiger partial charge in [-0.3, -0.25) is 9.13 Å². The highest BCUT2D eigenvalue weighted by atomic mass is 35.5. The molecule has 0 saturated heterocycles. The Labute approximate surface area is 206 Å². The number of fused-ring (bicyclic) bond motifs is 1. The molecule has 0 amide bonds. The minimum Gasteiger partial charge on any atom is -0.441 e. The zero-order valence-corrected chi connectivity index (χ0v) is 20.5. The predicted octanol–water partition coefficient (Wildman–Crippen LogP) is 4.23. The smallest absolute Gasteiger partial charge is 0.356 e. The van der Waals surface area contributed by atoms with Crippen LogP contribution in [0.5, 0.6) is 11.6 Å². The zero-order valence-electron chi connectivity index (χ0n) is 18.8. The van der Waals surface area contributed by atoms with Gasteiger partial charge in [0.25, 0.3) is 0 Å². The van der Waals surface area contributed by atoms with Crippen LogP contribution in [0.1, 0.15) is 24.0 Å². The van der Waals surface area contributed by atoms with Gasteiger partial charge >= 0.3 is 7.60 Å². The molecule has 35 heavy (non-hydrogen) atoms. The zero-order chi connectivity index (χ0) is 25.0. The summed E-state index contributed by atoms with van der Waals surface area (Å²) in [6.07, 6.45) is 1.95. The molecule has 0 spiro atoms. The van der Waals surface area contributed by atoms with Crippen molar-refractivity contribution in [1.29, 1.82) is 0 Å². The first-order valence-corrected chi connectivity index (χ1v) is 13.0. The Morgan fingerprint density at radius 1 is 1.09 bits per heavy atom. The summed E-state index contributed by atoms with van der Waals surface area (Å²) in [7, 11) is -4.47. The Morgan fingerprint density at radius 3 is 2.40 bits per heavy atom. The lowest BCUT2D eigenvalue weighted by Crippen LogP contribution is -2.11. The molecule has 1 aliphatic carbocycles. The number of nitrogens with zero attached hydrogens (tertiary/aromatic N) is 2. The SMILES string of the molecule is Cc1ccc(Oc2cc3nc(-c4ccc(C5(CO)CC5)cc4)c(Cl)cc3n2CO)cc1P(=O)(O)O. The molecule has 1 aliphatic rings. The van der Waals surface area contributed by atoms with E-state index in [9.17, 15) is 24.6 Å². The van der Waals surface area contributed by atoms with Crippen LogP contribution < -0.4 is 10.0 Å². The van der Waals surface area contributed by atoms with Crippen LogP contribution in [-0.2, 0) is 16.7 Å². The summed E-state index contributed by atoms with van der Waals surface area (Å²) >= 11 is 6.57. The average molecular weight is 515 g/mol. The number of benzene rings is 2. The van der Waals surface area contributed by atoms with Gasteiger partial charge in [-0.1, -0.05) is 41.9 Å². The second-order valence-electron chi connectivity index (χ2n) is 8.89. The molecule has 2 aromatic carbocycles. The number of aliphatic hydroxyl groups excluding tert-OH is 2. The number of aromatic nitrogens is 2. The standard InChI is InChI=1S/C25H24ClN2O6P/c1-15-2-7-18(10-22(15)35(31,32)33)34-23-12-20-21(28(23)14-30)11-19(26)24(27-20)16-3-5-17(6-4-16)25(13-29)8-9-25/h2-7,10-12,29-30H,8-9,13-14H2,1H3,(H2,31,32,33). The van der Waals surface area contributed by atoms with E-state index in [1.54, 1.807) is 31.2 Å². The van der Waals surface area contributed by atoms with Gasteiger partial charge in [-0.2, -0.15) is 0 Å². The van der Waals surface area contributed by atoms with E-state index in [1.807, 2.05) is 24.3 Å². The Hall–Kier alpha value is -2.71. The molecule has 0 atom stereocenters. The summed E-state index contributed by atoms with van der Waals surface area (Å²) in [5.41, 5.74) is 3.89. The topological polar surface area (TPSA) is 125 Å². The third-order valence-corrected chi connectivity index (χ3v) is 7.98. The molecular formula is C25H24ClN2O6P. The van der Waals surface area contributed by atoms with Gasteiger partial charge in [-0.05, 0) is 49.1 Å². The van der Waals surface area contributed by atoms with Crippen LogP contribution in [0.15, 0.2) is 54.6 Å². The van der Waals surface area contributed by atoms with Crippen molar-refractivity contribution in [3.8, 4) is 22.9 Å². The van der Waals surface area contributed by atoms with Gasteiger partial charge in [-0.25, -0.2) is 4.98 Å². The fourth-order valence-electron chi connectivity index (χ4n) is 4.32. The van der Waals surface area contributed by atoms with Crippen molar-refractivity contribution in [2.45, 2.75) is 31.9 Å². The highest BCUT2D eigenvalue weighted by Crippen LogP contribution is 2.48. The van der Waals surface area contributed by atoms with Crippen LogP contribution >= 0.6 is 19.2 Å². The molecule has 4 N–H and O–H groups in total. The summed E-state index contributed by atoms with van der Waals surface area (Å²) in [6, 6.07) is 15.6. The van der Waals surface area contributed by atoms with Crippen LogP contribution in [0.4, 0.5) is 0 Å². The van der Waals surface area contributed by atoms with Crippen LogP contribution in [0, 0.1) is 6.92 Å². The van der Waals surface area contributed by atoms with Gasteiger partial charge < -0.3 is 24.7 Å². The van der Waals surface area contributed by atoms with E-state index in [4.69, 9.17) is 21.3 Å². The number of pyridine rings is 1. The first-order valence-electron chi connectivity index (χ1n) is 11.0. The lowest BCUT2D eigenvalue weighted by molar-refractivity contribution is 0.204. The molecule has 2 heterocycles. The van der Waals surface area contributed by atoms with Crippen molar-refractivity contribution in [3.05, 3.63) is 70.7 Å². The van der Waals surface area contributed by atoms with Crippen LogP contribution in [0.2, 0.25) is 5.02 Å². The van der Waals surface area contributed by atoms with Crippen LogP contribution in [0.3, 0.4) is 0 Å². The van der Waals surface area contributed by atoms with E-state index in [0.29, 0.717) is 27.3 Å². The van der Waals surface area contributed by atoms with E-state index < -0.39 is 14.3 Å². The third kappa shape index (κ3) is 4.38. The van der Waals surface area contributed by atoms with Gasteiger partial charge in [0.1, 0.15) is 12.5 Å². The predicted molar refractivity (Wildman–Crippen MR) is 133 cm³/mol. The number of rotatable bonds is 7. The molecule has 0 aliphatic heterocycles. The minimum atomic E-state index is -4.47. The second kappa shape index (κ2) is 8.75. The summed E-state index contributed by atoms with van der Waals surface area (Å²) < 4.78 is 19.1. The van der Waals surface area contributed by atoms with Crippen molar-refractivity contribution in [2.75, 3.05) is 6.61 Å². The van der Waals surface area contributed by atoms with E-state index in [-0.39, 0.29) is 29.0 Å². The number of hydrogen-bond donors (Lipinski definition) is 4. The number of aliphatic hydroxyl groups is 2. The monoisotopic (exact) mass is 514 g/mol. The highest BCUT2D eigenvalue weighted by molar-refractivity contribution is 7.60. The largest absolute Gasteiger partial charge is 0.441 e. The minimum absolute atomic E-state index is 0.122. The summed E-state index contributed by atoms with van der Waals surface area (Å²) in [6.45, 7) is 1.33. The quantitative estimate of drug-likeness (QED) is 0.272. The second-order valence-corrected chi connectivity index (χ2v) is 10.9. The lowest BCUT2D eigenvalue weighted by atomic mass is 9.95. The van der Waals surface area contributed by atoms with Crippen molar-refractivity contribution in [1.82, 2.24) is 9.55 Å². The Morgan fingerprint density at radius 2 is 1.80 bits per heavy atom. The Balaban J connectivity index is 1.52. The normalized spacial score (nSPS) is 14.9. The maximum atomic E-state index is 11.8. The summed E-state index contributed by atoms with van der Waals surface area (Å²) in [5, 5.41) is 19.9. The first kappa shape index (κ1) is 24.0. The molecule has 0 unspecified atom stereocenters. The number of aryl methyl sites for hydroxylation is 1. The Bertz CT molecular complexity index is 1470. The maximum absolute atomic E-state index is 11.8. The molecule has 0 radical (unpaired) electrons. The molecule has 10 heteroatoms. The molecule has 8 nitrogen and oxygen atoms in total. The molecule has 182 valence electrons. The van der Waals surface area contributed by atoms with E-state index in [2.05, 4.69) is 0 Å². The molecule has 1 fully saturated rings. The van der Waals surface area contributed by atoms with Crippen molar-refractivity contribution >= 4 is 35.5 Å². The van der Waals surface area contributed by atoms with Crippen LogP contribution in [0.25, 0.3) is 22.3 Å². The van der Waals surface area contributed by atoms with E-state index >= 15 is 0 Å². The van der Waals surface area contributed by atoms with Crippen molar-refractivity contribution < 1.29 is 29.3 Å². The van der Waals surface area contributed by atoms with Gasteiger partial charge in [-0.15, -0.1) is 0 Å². The molecule has 2 aromatic heterocycles. The average Bonchev–Trinajstić information content (AvgIpc) is 3.56. The summed E-state index contributed by atoms with van der Waals surface area (Å²) in [4.78, 5) is 23.9. The van der Waals surface area contributed by atoms with E-state index in [0.717, 1.165) is 24.0 Å². The highest BCUT2D eigenvalue weighted by Gasteiger charge is 2.43. The first-order chi connectivity index (χ1) is 16.6. The van der Waals surface area contributed by atoms with Gasteiger partial charge in [0.05, 0.1) is 33.7 Å². The third-order valence-electron chi connectivity index (χ3n) is 6.59. The van der Waals surface area contributed by atoms with E-state index in [1.165, 1.54) is 10.6 Å². The van der Waals surface area contributed by atoms with Gasteiger partial charge in [0.2, 0.25) is 5.88 Å². The number of hydrogen-bond acceptors (Lipinski definition) is 5. The van der Waals surface area contributed by atoms with Gasteiger partial charge in [0.15, 0.2) is 0 Å². The molecule has 4 aromatic rings. The van der Waals surface area contributed by atoms with Gasteiger partial charge in [0, 0.05) is 17.0 Å². The number of halogens is 1. The van der Waals surface area contributed by atoms with Crippen molar-refractivity contribution in [2.24, 2.45) is 0 Å². The molecule has 5 rings (SSSR count). The molecule has 0 bridgehead atoms. The van der Waals surface area contributed by atoms with Crippen molar-refractivity contribution in [3.63, 3.8) is 0 Å². The van der Waals surface area contributed by atoms with Crippen LogP contribution in [-0.4, -0.2) is 36.2 Å². The Kier molecular flexibility index (Phi) is 6.00. The fourth-order valence-corrected chi connectivity index (χ4v) is 5.40. The molecular weight excluding hydrogens is 491 g/mol. The number of ether oxygens (including phenoxy) is 1. The maximum Gasteiger partial charge on any atom is 0.356 e. The fraction of sp³-hybridized carbons (Fsp3) is 0.240. The molecule has 1 saturated carbocycles. The summed E-state index contributed by atoms with van der Waals surface area (Å²) in [5.74, 6) is 0.462.